The quantitative estimate of drug-likeness (QED) is 0.762. The second-order valence-corrected chi connectivity index (χ2v) is 7.29. The Hall–Kier alpha value is -1.12. The lowest BCUT2D eigenvalue weighted by atomic mass is 10.1. The molecular formula is C12H20ClN3O4S. The van der Waals surface area contributed by atoms with Crippen molar-refractivity contribution in [3.63, 3.8) is 0 Å². The van der Waals surface area contributed by atoms with E-state index in [4.69, 9.17) is 15.4 Å². The van der Waals surface area contributed by atoms with Crippen LogP contribution in [0.4, 0.5) is 0 Å². The molecular weight excluding hydrogens is 318 g/mol. The number of aromatic nitrogens is 2. The second kappa shape index (κ2) is 7.24. The van der Waals surface area contributed by atoms with Gasteiger partial charge in [-0.3, -0.25) is 9.89 Å². The highest BCUT2D eigenvalue weighted by Crippen LogP contribution is 2.28. The fourth-order valence-corrected chi connectivity index (χ4v) is 3.26. The average molecular weight is 338 g/mol. The summed E-state index contributed by atoms with van der Waals surface area (Å²) in [6.45, 7) is 6.47. The first-order valence-corrected chi connectivity index (χ1v) is 8.86. The van der Waals surface area contributed by atoms with Crippen LogP contribution < -0.4 is 0 Å². The summed E-state index contributed by atoms with van der Waals surface area (Å²) in [7, 11) is 2.92. The summed E-state index contributed by atoms with van der Waals surface area (Å²) in [6, 6.07) is 0. The summed E-state index contributed by atoms with van der Waals surface area (Å²) in [5.41, 5.74) is 0.155. The molecule has 1 amide bonds. The maximum Gasteiger partial charge on any atom is 0.275 e. The highest BCUT2D eigenvalue weighted by Gasteiger charge is 2.31. The van der Waals surface area contributed by atoms with Gasteiger partial charge < -0.3 is 9.64 Å². The lowest BCUT2D eigenvalue weighted by Gasteiger charge is -2.19. The van der Waals surface area contributed by atoms with Crippen LogP contribution >= 0.6 is 10.7 Å². The minimum absolute atomic E-state index is 0.156. The molecule has 0 unspecified atom stereocenters. The fourth-order valence-electron chi connectivity index (χ4n) is 1.88. The number of aromatic amines is 1. The number of hydrogen-bond acceptors (Lipinski definition) is 5. The monoisotopic (exact) mass is 337 g/mol. The van der Waals surface area contributed by atoms with Crippen LogP contribution in [0.1, 0.15) is 42.9 Å². The molecule has 0 bridgehead atoms. The van der Waals surface area contributed by atoms with Gasteiger partial charge in [-0.1, -0.05) is 13.8 Å². The second-order valence-electron chi connectivity index (χ2n) is 4.79. The molecule has 21 heavy (non-hydrogen) atoms. The van der Waals surface area contributed by atoms with E-state index in [-0.39, 0.29) is 16.5 Å². The number of likely N-dealkylation sites (N-methyl/N-ethyl adjacent to an activating group) is 1. The number of nitrogens with one attached hydrogen (secondary N) is 1. The number of carbonyl (C=O) groups is 1. The molecule has 1 aromatic rings. The van der Waals surface area contributed by atoms with Gasteiger partial charge in [0.25, 0.3) is 15.0 Å². The molecule has 0 aromatic carbocycles. The number of rotatable bonds is 7. The zero-order valence-corrected chi connectivity index (χ0v) is 14.1. The first-order chi connectivity index (χ1) is 9.73. The van der Waals surface area contributed by atoms with Gasteiger partial charge in [0.2, 0.25) is 0 Å². The minimum Gasteiger partial charge on any atom is -0.383 e. The molecule has 9 heteroatoms. The van der Waals surface area contributed by atoms with E-state index in [9.17, 15) is 13.2 Å². The predicted molar refractivity (Wildman–Crippen MR) is 79.2 cm³/mol. The highest BCUT2D eigenvalue weighted by atomic mass is 35.7. The van der Waals surface area contributed by atoms with E-state index >= 15 is 0 Å². The largest absolute Gasteiger partial charge is 0.383 e. The molecule has 0 spiro atoms. The summed E-state index contributed by atoms with van der Waals surface area (Å²) >= 11 is 0. The minimum atomic E-state index is -4.07. The molecule has 0 saturated heterocycles. The normalized spacial score (nSPS) is 11.9. The Kier molecular flexibility index (Phi) is 6.18. The molecule has 0 aliphatic rings. The summed E-state index contributed by atoms with van der Waals surface area (Å²) in [5, 5.41) is 6.46. The van der Waals surface area contributed by atoms with Crippen LogP contribution in [0, 0.1) is 0 Å². The third-order valence-corrected chi connectivity index (χ3v) is 4.37. The van der Waals surface area contributed by atoms with Crippen molar-refractivity contribution < 1.29 is 17.9 Å². The number of ether oxygens (including phenoxy) is 1. The third kappa shape index (κ3) is 4.18. The Morgan fingerprint density at radius 3 is 2.52 bits per heavy atom. The SMILES string of the molecule is CCN(CCOC)C(=O)c1n[nH]c(C(C)C)c1S(=O)(=O)Cl. The van der Waals surface area contributed by atoms with Crippen LogP contribution in [0.25, 0.3) is 0 Å². The third-order valence-electron chi connectivity index (χ3n) is 3.01. The van der Waals surface area contributed by atoms with Crippen molar-refractivity contribution in [1.29, 1.82) is 0 Å². The number of amides is 1. The van der Waals surface area contributed by atoms with E-state index in [1.54, 1.807) is 20.8 Å². The van der Waals surface area contributed by atoms with Crippen molar-refractivity contribution >= 4 is 25.6 Å². The number of halogens is 1. The van der Waals surface area contributed by atoms with Crippen molar-refractivity contribution in [1.82, 2.24) is 15.1 Å². The average Bonchev–Trinajstić information content (AvgIpc) is 2.84. The van der Waals surface area contributed by atoms with Crippen LogP contribution in [0.2, 0.25) is 0 Å². The molecule has 1 N–H and O–H groups in total. The Morgan fingerprint density at radius 2 is 2.10 bits per heavy atom. The summed E-state index contributed by atoms with van der Waals surface area (Å²) in [6.07, 6.45) is 0. The van der Waals surface area contributed by atoms with Gasteiger partial charge in [0.15, 0.2) is 5.69 Å². The van der Waals surface area contributed by atoms with Crippen molar-refractivity contribution in [2.45, 2.75) is 31.6 Å². The molecule has 0 atom stereocenters. The van der Waals surface area contributed by atoms with Gasteiger partial charge >= 0.3 is 0 Å². The molecule has 1 rings (SSSR count). The lowest BCUT2D eigenvalue weighted by molar-refractivity contribution is 0.0697. The first kappa shape index (κ1) is 17.9. The maximum absolute atomic E-state index is 12.4. The molecule has 0 aliphatic carbocycles. The van der Waals surface area contributed by atoms with Crippen LogP contribution in [-0.4, -0.2) is 56.2 Å². The maximum atomic E-state index is 12.4. The first-order valence-electron chi connectivity index (χ1n) is 6.55. The van der Waals surface area contributed by atoms with E-state index in [0.717, 1.165) is 0 Å². The summed E-state index contributed by atoms with van der Waals surface area (Å²) < 4.78 is 28.5. The zero-order chi connectivity index (χ0) is 16.2. The van der Waals surface area contributed by atoms with Crippen molar-refractivity contribution in [2.24, 2.45) is 0 Å². The molecule has 7 nitrogen and oxygen atoms in total. The highest BCUT2D eigenvalue weighted by molar-refractivity contribution is 8.13. The van der Waals surface area contributed by atoms with Gasteiger partial charge in [-0.25, -0.2) is 8.42 Å². The number of H-pyrrole nitrogens is 1. The van der Waals surface area contributed by atoms with Crippen molar-refractivity contribution in [3.05, 3.63) is 11.4 Å². The Morgan fingerprint density at radius 1 is 1.48 bits per heavy atom. The topological polar surface area (TPSA) is 92.4 Å². The standard InChI is InChI=1S/C12H20ClN3O4S/c1-5-16(6-7-20-4)12(17)10-11(21(13,18)19)9(8(2)3)14-15-10/h8H,5-7H2,1-4H3,(H,14,15). The summed E-state index contributed by atoms with van der Waals surface area (Å²) in [4.78, 5) is 13.7. The van der Waals surface area contributed by atoms with Gasteiger partial charge in [-0.2, -0.15) is 5.10 Å². The number of carbonyl (C=O) groups excluding carboxylic acids is 1. The number of nitrogens with zero attached hydrogens (tertiary/aromatic N) is 2. The van der Waals surface area contributed by atoms with Crippen molar-refractivity contribution in [2.75, 3.05) is 26.8 Å². The molecule has 0 fully saturated rings. The van der Waals surface area contributed by atoms with E-state index in [2.05, 4.69) is 10.2 Å². The Balaban J connectivity index is 3.27. The number of methoxy groups -OCH3 is 1. The Bertz CT molecular complexity index is 598. The van der Waals surface area contributed by atoms with E-state index in [0.29, 0.717) is 25.4 Å². The van der Waals surface area contributed by atoms with Crippen LogP contribution in [-0.2, 0) is 13.8 Å². The van der Waals surface area contributed by atoms with Gasteiger partial charge in [-0.15, -0.1) is 0 Å². The molecule has 0 saturated carbocycles. The van der Waals surface area contributed by atoms with Crippen molar-refractivity contribution in [3.8, 4) is 0 Å². The van der Waals surface area contributed by atoms with Gasteiger partial charge in [0.05, 0.1) is 12.3 Å². The van der Waals surface area contributed by atoms with E-state index in [1.807, 2.05) is 0 Å². The Labute approximate surface area is 129 Å². The van der Waals surface area contributed by atoms with E-state index < -0.39 is 15.0 Å². The molecule has 1 aromatic heterocycles. The lowest BCUT2D eigenvalue weighted by Crippen LogP contribution is -2.34. The summed E-state index contributed by atoms with van der Waals surface area (Å²) in [5.74, 6) is -0.645. The zero-order valence-electron chi connectivity index (χ0n) is 12.5. The number of hydrogen-bond donors (Lipinski definition) is 1. The molecule has 0 aliphatic heterocycles. The van der Waals surface area contributed by atoms with Gasteiger partial charge in [0.1, 0.15) is 4.90 Å². The smallest absolute Gasteiger partial charge is 0.275 e. The van der Waals surface area contributed by atoms with E-state index in [1.165, 1.54) is 12.0 Å². The predicted octanol–water partition coefficient (Wildman–Crippen LogP) is 1.57. The molecule has 0 radical (unpaired) electrons. The molecule has 1 heterocycles. The van der Waals surface area contributed by atoms with Crippen LogP contribution in [0.3, 0.4) is 0 Å². The van der Waals surface area contributed by atoms with Gasteiger partial charge in [0, 0.05) is 30.9 Å². The van der Waals surface area contributed by atoms with Crippen LogP contribution in [0.15, 0.2) is 4.90 Å². The van der Waals surface area contributed by atoms with Crippen LogP contribution in [0.5, 0.6) is 0 Å². The molecule has 120 valence electrons. The van der Waals surface area contributed by atoms with Gasteiger partial charge in [-0.05, 0) is 12.8 Å². The fraction of sp³-hybridized carbons (Fsp3) is 0.667.